The van der Waals surface area contributed by atoms with Gasteiger partial charge in [-0.25, -0.2) is 4.39 Å². The molecule has 0 radical (unpaired) electrons. The molecule has 25 heavy (non-hydrogen) atoms. The third-order valence-electron chi connectivity index (χ3n) is 5.06. The molecule has 0 bridgehead atoms. The largest absolute Gasteiger partial charge is 0.339 e. The molecule has 1 heterocycles. The molecule has 1 amide bonds. The van der Waals surface area contributed by atoms with Crippen molar-refractivity contribution in [2.75, 3.05) is 6.54 Å². The Labute approximate surface area is 149 Å². The van der Waals surface area contributed by atoms with E-state index in [2.05, 4.69) is 29.2 Å². The molecule has 1 aromatic rings. The van der Waals surface area contributed by atoms with E-state index in [0.29, 0.717) is 30.9 Å². The predicted octanol–water partition coefficient (Wildman–Crippen LogP) is 4.97. The highest BCUT2D eigenvalue weighted by atomic mass is 19.1. The molecule has 0 saturated carbocycles. The van der Waals surface area contributed by atoms with E-state index in [1.165, 1.54) is 11.6 Å². The van der Waals surface area contributed by atoms with E-state index in [1.54, 1.807) is 12.1 Å². The van der Waals surface area contributed by atoms with Crippen LogP contribution in [-0.4, -0.2) is 23.4 Å². The normalized spacial score (nSPS) is 19.8. The summed E-state index contributed by atoms with van der Waals surface area (Å²) in [7, 11) is 0. The highest BCUT2D eigenvalue weighted by Gasteiger charge is 2.28. The lowest BCUT2D eigenvalue weighted by molar-refractivity contribution is -0.132. The highest BCUT2D eigenvalue weighted by Crippen LogP contribution is 2.26. The first-order valence-electron chi connectivity index (χ1n) is 9.28. The Morgan fingerprint density at radius 3 is 2.96 bits per heavy atom. The average molecular weight is 339 g/mol. The zero-order chi connectivity index (χ0) is 17.5. The summed E-state index contributed by atoms with van der Waals surface area (Å²) in [6, 6.07) is 7.16. The molecule has 2 aliphatic rings. The van der Waals surface area contributed by atoms with Gasteiger partial charge in [0.05, 0.1) is 0 Å². The number of hydrogen-bond acceptors (Lipinski definition) is 1. The molecule has 1 aliphatic heterocycles. The Hall–Kier alpha value is -2.16. The maximum atomic E-state index is 13.7. The third-order valence-corrected chi connectivity index (χ3v) is 5.06. The summed E-state index contributed by atoms with van der Waals surface area (Å²) in [5.41, 5.74) is 2.09. The lowest BCUT2D eigenvalue weighted by Gasteiger charge is -2.25. The molecule has 1 atom stereocenters. The van der Waals surface area contributed by atoms with Crippen LogP contribution >= 0.6 is 0 Å². The summed E-state index contributed by atoms with van der Waals surface area (Å²) in [6.07, 6.45) is 16.5. The van der Waals surface area contributed by atoms with E-state index in [-0.39, 0.29) is 11.7 Å². The number of halogens is 1. The fourth-order valence-electron chi connectivity index (χ4n) is 3.73. The first-order chi connectivity index (χ1) is 12.2. The standard InChI is InChI=1S/C22H26FNO/c23-21-14-6-5-11-19(21)12-7-15-22(25)24-16-8-13-20(24)17-18-9-3-1-2-4-10-18/h1-6,9,11,14,20H,7-8,10,12-13,15-17H2. The minimum Gasteiger partial charge on any atom is -0.339 e. The molecule has 0 N–H and O–H groups in total. The van der Waals surface area contributed by atoms with Crippen LogP contribution in [0.15, 0.2) is 60.2 Å². The minimum atomic E-state index is -0.171. The van der Waals surface area contributed by atoms with Gasteiger partial charge < -0.3 is 4.90 Å². The number of carbonyl (C=O) groups is 1. The van der Waals surface area contributed by atoms with Crippen LogP contribution in [0.3, 0.4) is 0 Å². The van der Waals surface area contributed by atoms with Crippen molar-refractivity contribution in [3.05, 3.63) is 71.6 Å². The van der Waals surface area contributed by atoms with Crippen molar-refractivity contribution in [2.24, 2.45) is 0 Å². The van der Waals surface area contributed by atoms with Crippen LogP contribution in [0.2, 0.25) is 0 Å². The van der Waals surface area contributed by atoms with Crippen LogP contribution in [0.25, 0.3) is 0 Å². The van der Waals surface area contributed by atoms with Gasteiger partial charge in [0.2, 0.25) is 5.91 Å². The van der Waals surface area contributed by atoms with Crippen molar-refractivity contribution in [1.82, 2.24) is 4.90 Å². The number of rotatable bonds is 6. The molecule has 1 aromatic carbocycles. The molecule has 1 aliphatic carbocycles. The van der Waals surface area contributed by atoms with Gasteiger partial charge in [-0.05, 0) is 50.2 Å². The second kappa shape index (κ2) is 8.80. The van der Waals surface area contributed by atoms with Crippen LogP contribution in [0.4, 0.5) is 4.39 Å². The second-order valence-corrected chi connectivity index (χ2v) is 6.87. The van der Waals surface area contributed by atoms with E-state index < -0.39 is 0 Å². The van der Waals surface area contributed by atoms with Crippen molar-refractivity contribution in [2.45, 2.75) is 51.0 Å². The maximum absolute atomic E-state index is 13.7. The third kappa shape index (κ3) is 4.91. The van der Waals surface area contributed by atoms with E-state index in [9.17, 15) is 9.18 Å². The second-order valence-electron chi connectivity index (χ2n) is 6.87. The smallest absolute Gasteiger partial charge is 0.222 e. The topological polar surface area (TPSA) is 20.3 Å². The molecular weight excluding hydrogens is 313 g/mol. The van der Waals surface area contributed by atoms with Crippen LogP contribution in [0.5, 0.6) is 0 Å². The minimum absolute atomic E-state index is 0.171. The van der Waals surface area contributed by atoms with Gasteiger partial charge in [-0.15, -0.1) is 0 Å². The summed E-state index contributed by atoms with van der Waals surface area (Å²) < 4.78 is 13.7. The average Bonchev–Trinajstić information content (AvgIpc) is 2.92. The lowest BCUT2D eigenvalue weighted by atomic mass is 10.0. The Bertz CT molecular complexity index is 689. The quantitative estimate of drug-likeness (QED) is 0.716. The van der Waals surface area contributed by atoms with Gasteiger partial charge in [-0.2, -0.15) is 0 Å². The van der Waals surface area contributed by atoms with Crippen molar-refractivity contribution in [3.8, 4) is 0 Å². The number of aryl methyl sites for hydroxylation is 1. The SMILES string of the molecule is O=C(CCCc1ccccc1F)N1CCCC1CC1=CC=CC=CC1. The molecule has 1 fully saturated rings. The zero-order valence-corrected chi connectivity index (χ0v) is 14.7. The van der Waals surface area contributed by atoms with Crippen molar-refractivity contribution >= 4 is 5.91 Å². The van der Waals surface area contributed by atoms with Crippen LogP contribution < -0.4 is 0 Å². The van der Waals surface area contributed by atoms with Gasteiger partial charge in [0.25, 0.3) is 0 Å². The molecule has 0 spiro atoms. The van der Waals surface area contributed by atoms with E-state index >= 15 is 0 Å². The number of amides is 1. The molecule has 0 aromatic heterocycles. The number of benzene rings is 1. The van der Waals surface area contributed by atoms with E-state index in [4.69, 9.17) is 0 Å². The van der Waals surface area contributed by atoms with E-state index in [0.717, 1.165) is 32.2 Å². The lowest BCUT2D eigenvalue weighted by Crippen LogP contribution is -2.35. The number of allylic oxidation sites excluding steroid dienone is 5. The summed E-state index contributed by atoms with van der Waals surface area (Å²) in [4.78, 5) is 14.7. The monoisotopic (exact) mass is 339 g/mol. The van der Waals surface area contributed by atoms with Crippen LogP contribution in [0.1, 0.15) is 44.1 Å². The molecule has 1 saturated heterocycles. The van der Waals surface area contributed by atoms with Crippen LogP contribution in [0, 0.1) is 5.82 Å². The summed E-state index contributed by atoms with van der Waals surface area (Å²) in [6.45, 7) is 0.863. The van der Waals surface area contributed by atoms with Crippen molar-refractivity contribution in [3.63, 3.8) is 0 Å². The molecule has 1 unspecified atom stereocenters. The molecule has 132 valence electrons. The van der Waals surface area contributed by atoms with Gasteiger partial charge in [-0.1, -0.05) is 54.2 Å². The Morgan fingerprint density at radius 1 is 1.20 bits per heavy atom. The number of nitrogens with zero attached hydrogens (tertiary/aromatic N) is 1. The van der Waals surface area contributed by atoms with E-state index in [1.807, 2.05) is 12.1 Å². The molecule has 3 heteroatoms. The Kier molecular flexibility index (Phi) is 6.21. The Morgan fingerprint density at radius 2 is 2.08 bits per heavy atom. The highest BCUT2D eigenvalue weighted by molar-refractivity contribution is 5.76. The summed E-state index contributed by atoms with van der Waals surface area (Å²) in [5, 5.41) is 0. The Balaban J connectivity index is 1.50. The predicted molar refractivity (Wildman–Crippen MR) is 99.7 cm³/mol. The summed E-state index contributed by atoms with van der Waals surface area (Å²) >= 11 is 0. The molecule has 2 nitrogen and oxygen atoms in total. The van der Waals surface area contributed by atoms with Gasteiger partial charge in [-0.3, -0.25) is 4.79 Å². The van der Waals surface area contributed by atoms with Crippen molar-refractivity contribution < 1.29 is 9.18 Å². The fourth-order valence-corrected chi connectivity index (χ4v) is 3.73. The first-order valence-corrected chi connectivity index (χ1v) is 9.28. The number of carbonyl (C=O) groups excluding carboxylic acids is 1. The van der Waals surface area contributed by atoms with Crippen LogP contribution in [-0.2, 0) is 11.2 Å². The first kappa shape index (κ1) is 17.7. The van der Waals surface area contributed by atoms with Gasteiger partial charge >= 0.3 is 0 Å². The number of hydrogen-bond donors (Lipinski definition) is 0. The molecule has 3 rings (SSSR count). The van der Waals surface area contributed by atoms with Crippen molar-refractivity contribution in [1.29, 1.82) is 0 Å². The van der Waals surface area contributed by atoms with Gasteiger partial charge in [0, 0.05) is 19.0 Å². The zero-order valence-electron chi connectivity index (χ0n) is 14.7. The molecular formula is C22H26FNO. The maximum Gasteiger partial charge on any atom is 0.222 e. The summed E-state index contributed by atoms with van der Waals surface area (Å²) in [5.74, 6) is 0.0505. The fraction of sp³-hybridized carbons (Fsp3) is 0.409. The number of likely N-dealkylation sites (tertiary alicyclic amines) is 1. The van der Waals surface area contributed by atoms with Gasteiger partial charge in [0.15, 0.2) is 0 Å². The van der Waals surface area contributed by atoms with Gasteiger partial charge in [0.1, 0.15) is 5.82 Å².